The quantitative estimate of drug-likeness (QED) is 0.528. The molecule has 0 aliphatic rings. The lowest BCUT2D eigenvalue weighted by Crippen LogP contribution is -2.44. The molecule has 2 amide bonds. The van der Waals surface area contributed by atoms with Crippen LogP contribution in [0.1, 0.15) is 6.42 Å². The molecule has 0 radical (unpaired) electrons. The smallest absolute Gasteiger partial charge is 0.408 e. The molecular formula is C9H13FN2O5. The van der Waals surface area contributed by atoms with Crippen LogP contribution in [0.2, 0.25) is 0 Å². The van der Waals surface area contributed by atoms with Gasteiger partial charge in [0.25, 0.3) is 5.91 Å². The third-order valence-electron chi connectivity index (χ3n) is 1.67. The number of alkyl halides is 1. The van der Waals surface area contributed by atoms with Crippen LogP contribution < -0.4 is 11.1 Å². The molecule has 17 heavy (non-hydrogen) atoms. The number of hydrogen-bond acceptors (Lipinski definition) is 4. The first-order valence-corrected chi connectivity index (χ1v) is 4.58. The predicted octanol–water partition coefficient (Wildman–Crippen LogP) is -0.435. The average Bonchev–Trinajstić information content (AvgIpc) is 2.24. The minimum atomic E-state index is -2.16. The van der Waals surface area contributed by atoms with Gasteiger partial charge in [-0.25, -0.2) is 14.0 Å². The van der Waals surface area contributed by atoms with Crippen LogP contribution >= 0.6 is 0 Å². The van der Waals surface area contributed by atoms with Crippen molar-refractivity contribution in [2.45, 2.75) is 18.6 Å². The van der Waals surface area contributed by atoms with Gasteiger partial charge < -0.3 is 20.9 Å². The molecule has 2 atom stereocenters. The number of amides is 2. The third kappa shape index (κ3) is 6.13. The standard InChI is InChI=1S/C9H13FN2O5/c1-2-3-17-9(16)12-6(8(14)15)4-5(10)7(11)13/h2,5-6H,1,3-4H2,(H2,11,13)(H,12,16)(H,14,15)/t5-,6-/m0/s1. The summed E-state index contributed by atoms with van der Waals surface area (Å²) < 4.78 is 17.3. The van der Waals surface area contributed by atoms with Crippen LogP contribution in [0.15, 0.2) is 12.7 Å². The Morgan fingerprint density at radius 1 is 1.53 bits per heavy atom. The third-order valence-corrected chi connectivity index (χ3v) is 1.67. The number of carbonyl (C=O) groups is 3. The number of ether oxygens (including phenoxy) is 1. The SMILES string of the molecule is C=CCOC(=O)N[C@@H](C[C@H](F)C(N)=O)C(=O)O. The van der Waals surface area contributed by atoms with Gasteiger partial charge in [0.15, 0.2) is 6.17 Å². The lowest BCUT2D eigenvalue weighted by Gasteiger charge is -2.14. The maximum atomic E-state index is 12.9. The summed E-state index contributed by atoms with van der Waals surface area (Å²) in [6.07, 6.45) is -2.69. The van der Waals surface area contributed by atoms with E-state index < -0.39 is 36.6 Å². The number of carbonyl (C=O) groups excluding carboxylic acids is 2. The second kappa shape index (κ2) is 7.20. The first-order valence-electron chi connectivity index (χ1n) is 4.58. The summed E-state index contributed by atoms with van der Waals surface area (Å²) in [5, 5.41) is 10.5. The molecule has 0 fully saturated rings. The topological polar surface area (TPSA) is 119 Å². The van der Waals surface area contributed by atoms with Crippen molar-refractivity contribution < 1.29 is 28.6 Å². The van der Waals surface area contributed by atoms with Gasteiger partial charge in [-0.1, -0.05) is 12.7 Å². The highest BCUT2D eigenvalue weighted by Gasteiger charge is 2.27. The summed E-state index contributed by atoms with van der Waals surface area (Å²) in [5.74, 6) is -2.79. The van der Waals surface area contributed by atoms with E-state index in [2.05, 4.69) is 17.0 Å². The first-order chi connectivity index (χ1) is 7.88. The van der Waals surface area contributed by atoms with Gasteiger partial charge in [0.05, 0.1) is 0 Å². The number of carboxylic acid groups (broad SMARTS) is 1. The van der Waals surface area contributed by atoms with Crippen molar-refractivity contribution in [2.75, 3.05) is 6.61 Å². The predicted molar refractivity (Wildman–Crippen MR) is 54.8 cm³/mol. The number of nitrogens with one attached hydrogen (secondary N) is 1. The summed E-state index contributed by atoms with van der Waals surface area (Å²) in [6, 6.07) is -1.59. The van der Waals surface area contributed by atoms with E-state index >= 15 is 0 Å². The molecule has 0 bridgehead atoms. The summed E-state index contributed by atoms with van der Waals surface area (Å²) in [7, 11) is 0. The van der Waals surface area contributed by atoms with Gasteiger partial charge >= 0.3 is 12.1 Å². The van der Waals surface area contributed by atoms with E-state index in [-0.39, 0.29) is 6.61 Å². The fourth-order valence-corrected chi connectivity index (χ4v) is 0.863. The lowest BCUT2D eigenvalue weighted by atomic mass is 10.1. The molecular weight excluding hydrogens is 235 g/mol. The van der Waals surface area contributed by atoms with E-state index in [1.807, 2.05) is 5.32 Å². The maximum absolute atomic E-state index is 12.9. The van der Waals surface area contributed by atoms with Gasteiger partial charge in [0.1, 0.15) is 12.6 Å². The van der Waals surface area contributed by atoms with Gasteiger partial charge in [-0.15, -0.1) is 0 Å². The molecule has 7 nitrogen and oxygen atoms in total. The van der Waals surface area contributed by atoms with E-state index in [0.717, 1.165) is 0 Å². The van der Waals surface area contributed by atoms with Crippen molar-refractivity contribution in [1.29, 1.82) is 0 Å². The van der Waals surface area contributed by atoms with Crippen LogP contribution in [0, 0.1) is 0 Å². The molecule has 0 spiro atoms. The van der Waals surface area contributed by atoms with Crippen molar-refractivity contribution in [2.24, 2.45) is 5.73 Å². The van der Waals surface area contributed by atoms with Crippen LogP contribution in [-0.2, 0) is 14.3 Å². The molecule has 0 saturated heterocycles. The average molecular weight is 248 g/mol. The van der Waals surface area contributed by atoms with Gasteiger partial charge in [0, 0.05) is 6.42 Å². The van der Waals surface area contributed by atoms with Crippen molar-refractivity contribution in [3.05, 3.63) is 12.7 Å². The zero-order chi connectivity index (χ0) is 13.4. The molecule has 0 aromatic heterocycles. The van der Waals surface area contributed by atoms with Gasteiger partial charge in [-0.2, -0.15) is 0 Å². The molecule has 0 aromatic rings. The van der Waals surface area contributed by atoms with E-state index in [4.69, 9.17) is 5.11 Å². The van der Waals surface area contributed by atoms with Crippen molar-refractivity contribution in [3.63, 3.8) is 0 Å². The minimum Gasteiger partial charge on any atom is -0.480 e. The number of nitrogens with two attached hydrogens (primary N) is 1. The van der Waals surface area contributed by atoms with E-state index in [1.54, 1.807) is 0 Å². The highest BCUT2D eigenvalue weighted by molar-refractivity contribution is 5.83. The number of aliphatic carboxylic acids is 1. The summed E-state index contributed by atoms with van der Waals surface area (Å²) in [4.78, 5) is 32.1. The molecule has 0 aliphatic heterocycles. The molecule has 8 heteroatoms. The molecule has 0 aliphatic carbocycles. The molecule has 96 valence electrons. The Hall–Kier alpha value is -2.12. The number of rotatable bonds is 7. The van der Waals surface area contributed by atoms with Gasteiger partial charge in [-0.05, 0) is 0 Å². The normalized spacial score (nSPS) is 13.2. The van der Waals surface area contributed by atoms with Gasteiger partial charge in [-0.3, -0.25) is 4.79 Å². The number of primary amides is 1. The second-order valence-electron chi connectivity index (χ2n) is 3.03. The van der Waals surface area contributed by atoms with E-state index in [0.29, 0.717) is 0 Å². The number of alkyl carbamates (subject to hydrolysis) is 1. The zero-order valence-corrected chi connectivity index (χ0v) is 8.89. The Morgan fingerprint density at radius 2 is 2.12 bits per heavy atom. The Labute approximate surface area is 96.4 Å². The van der Waals surface area contributed by atoms with Crippen molar-refractivity contribution >= 4 is 18.0 Å². The molecule has 0 rings (SSSR count). The Kier molecular flexibility index (Phi) is 6.30. The molecule has 4 N–H and O–H groups in total. The highest BCUT2D eigenvalue weighted by atomic mass is 19.1. The van der Waals surface area contributed by atoms with Crippen LogP contribution in [0.25, 0.3) is 0 Å². The fourth-order valence-electron chi connectivity index (χ4n) is 0.863. The fraction of sp³-hybridized carbons (Fsp3) is 0.444. The molecule has 0 unspecified atom stereocenters. The van der Waals surface area contributed by atoms with Gasteiger partial charge in [0.2, 0.25) is 0 Å². The maximum Gasteiger partial charge on any atom is 0.408 e. The molecule has 0 aromatic carbocycles. The Morgan fingerprint density at radius 3 is 2.53 bits per heavy atom. The molecule has 0 heterocycles. The summed E-state index contributed by atoms with van der Waals surface area (Å²) >= 11 is 0. The van der Waals surface area contributed by atoms with Crippen molar-refractivity contribution in [3.8, 4) is 0 Å². The number of halogens is 1. The second-order valence-corrected chi connectivity index (χ2v) is 3.03. The van der Waals surface area contributed by atoms with E-state index in [1.165, 1.54) is 6.08 Å². The number of carboxylic acids is 1. The van der Waals surface area contributed by atoms with Crippen LogP contribution in [-0.4, -0.2) is 41.9 Å². The monoisotopic (exact) mass is 248 g/mol. The lowest BCUT2D eigenvalue weighted by molar-refractivity contribution is -0.140. The first kappa shape index (κ1) is 14.9. The van der Waals surface area contributed by atoms with E-state index in [9.17, 15) is 18.8 Å². The largest absolute Gasteiger partial charge is 0.480 e. The summed E-state index contributed by atoms with van der Waals surface area (Å²) in [6.45, 7) is 3.16. The number of hydrogen-bond donors (Lipinski definition) is 3. The summed E-state index contributed by atoms with van der Waals surface area (Å²) in [5.41, 5.74) is 4.63. The Bertz CT molecular complexity index is 321. The highest BCUT2D eigenvalue weighted by Crippen LogP contribution is 2.03. The van der Waals surface area contributed by atoms with Crippen LogP contribution in [0.5, 0.6) is 0 Å². The minimum absolute atomic E-state index is 0.118. The Balaban J connectivity index is 4.34. The molecule has 0 saturated carbocycles. The van der Waals surface area contributed by atoms with Crippen LogP contribution in [0.3, 0.4) is 0 Å². The van der Waals surface area contributed by atoms with Crippen molar-refractivity contribution in [1.82, 2.24) is 5.32 Å². The zero-order valence-electron chi connectivity index (χ0n) is 8.89. The van der Waals surface area contributed by atoms with Crippen LogP contribution in [0.4, 0.5) is 9.18 Å².